The van der Waals surface area contributed by atoms with Crippen LogP contribution in [0.3, 0.4) is 0 Å². The van der Waals surface area contributed by atoms with E-state index < -0.39 is 24.3 Å². The van der Waals surface area contributed by atoms with Gasteiger partial charge in [-0.25, -0.2) is 0 Å². The van der Waals surface area contributed by atoms with Gasteiger partial charge >= 0.3 is 12.0 Å². The van der Waals surface area contributed by atoms with Gasteiger partial charge in [-0.15, -0.1) is 0 Å². The molecule has 0 spiro atoms. The Kier molecular flexibility index (Phi) is 5.12. The number of para-hydroxylation sites is 1. The number of halogens is 5. The molecule has 0 radical (unpaired) electrons. The summed E-state index contributed by atoms with van der Waals surface area (Å²) in [6.07, 6.45) is -4.24. The normalized spacial score (nSPS) is 11.2. The van der Waals surface area contributed by atoms with Crippen molar-refractivity contribution in [2.75, 3.05) is 6.61 Å². The average molecular weight is 266 g/mol. The fourth-order valence-corrected chi connectivity index (χ4v) is 1.25. The van der Waals surface area contributed by atoms with Gasteiger partial charge < -0.3 is 4.74 Å². The number of allylic oxidation sites excluding steroid dienone is 1. The monoisotopic (exact) mass is 266 g/mol. The lowest BCUT2D eigenvalue weighted by Gasteiger charge is -2.13. The van der Waals surface area contributed by atoms with E-state index in [4.69, 9.17) is 4.74 Å². The summed E-state index contributed by atoms with van der Waals surface area (Å²) in [5.74, 6) is -6.32. The number of rotatable bonds is 6. The lowest BCUT2D eigenvalue weighted by molar-refractivity contribution is -0.00220. The average Bonchev–Trinajstić information content (AvgIpc) is 2.35. The summed E-state index contributed by atoms with van der Waals surface area (Å²) < 4.78 is 66.5. The maximum atomic E-state index is 12.8. The molecule has 6 heteroatoms. The molecule has 0 heterocycles. The van der Waals surface area contributed by atoms with Gasteiger partial charge in [0.15, 0.2) is 0 Å². The minimum absolute atomic E-state index is 0.0964. The number of ether oxygens (including phenoxy) is 1. The Hall–Kier alpha value is -1.59. The van der Waals surface area contributed by atoms with Crippen LogP contribution in [0, 0.1) is 0 Å². The highest BCUT2D eigenvalue weighted by molar-refractivity contribution is 5.20. The van der Waals surface area contributed by atoms with Crippen LogP contribution in [0.5, 0.6) is 5.75 Å². The number of benzene rings is 1. The topological polar surface area (TPSA) is 9.23 Å². The van der Waals surface area contributed by atoms with Crippen molar-refractivity contribution in [2.45, 2.75) is 18.8 Å². The van der Waals surface area contributed by atoms with E-state index in [0.29, 0.717) is 5.75 Å². The highest BCUT2D eigenvalue weighted by atomic mass is 19.3. The molecule has 1 rings (SSSR count). The van der Waals surface area contributed by atoms with Crippen molar-refractivity contribution in [3.63, 3.8) is 0 Å². The fraction of sp³-hybridized carbons (Fsp3) is 0.333. The molecule has 0 fully saturated rings. The van der Waals surface area contributed by atoms with Crippen molar-refractivity contribution in [3.8, 4) is 5.75 Å². The van der Waals surface area contributed by atoms with Crippen LogP contribution in [-0.2, 0) is 0 Å². The fourth-order valence-electron chi connectivity index (χ4n) is 1.25. The molecule has 0 aliphatic heterocycles. The molecular weight excluding hydrogens is 255 g/mol. The molecule has 0 bridgehead atoms. The van der Waals surface area contributed by atoms with Gasteiger partial charge in [-0.05, 0) is 18.6 Å². The van der Waals surface area contributed by atoms with E-state index >= 15 is 0 Å². The van der Waals surface area contributed by atoms with E-state index in [9.17, 15) is 22.0 Å². The summed E-state index contributed by atoms with van der Waals surface area (Å²) in [4.78, 5) is 0. The lowest BCUT2D eigenvalue weighted by Crippen LogP contribution is -2.18. The maximum Gasteiger partial charge on any atom is 0.307 e. The molecule has 18 heavy (non-hydrogen) atoms. The Bertz CT molecular complexity index is 398. The molecule has 0 unspecified atom stereocenters. The first-order chi connectivity index (χ1) is 8.43. The molecule has 0 N–H and O–H groups in total. The van der Waals surface area contributed by atoms with Crippen molar-refractivity contribution >= 4 is 0 Å². The highest BCUT2D eigenvalue weighted by Crippen LogP contribution is 2.33. The van der Waals surface area contributed by atoms with Gasteiger partial charge in [0, 0.05) is 6.42 Å². The van der Waals surface area contributed by atoms with Crippen molar-refractivity contribution in [1.82, 2.24) is 0 Å². The predicted molar refractivity (Wildman–Crippen MR) is 56.5 cm³/mol. The smallest absolute Gasteiger partial charge is 0.307 e. The summed E-state index contributed by atoms with van der Waals surface area (Å²) in [5, 5.41) is 0. The number of alkyl halides is 2. The Morgan fingerprint density at radius 1 is 1.06 bits per heavy atom. The van der Waals surface area contributed by atoms with Gasteiger partial charge in [0.1, 0.15) is 5.75 Å². The Balaban J connectivity index is 2.36. The van der Waals surface area contributed by atoms with Crippen molar-refractivity contribution in [3.05, 3.63) is 42.2 Å². The highest BCUT2D eigenvalue weighted by Gasteiger charge is 2.38. The van der Waals surface area contributed by atoms with Crippen molar-refractivity contribution in [1.29, 1.82) is 0 Å². The zero-order valence-electron chi connectivity index (χ0n) is 9.31. The van der Waals surface area contributed by atoms with Crippen LogP contribution >= 0.6 is 0 Å². The van der Waals surface area contributed by atoms with Crippen molar-refractivity contribution < 1.29 is 26.7 Å². The van der Waals surface area contributed by atoms with E-state index in [0.717, 1.165) is 0 Å². The summed E-state index contributed by atoms with van der Waals surface area (Å²) in [6.45, 7) is -0.0964. The Morgan fingerprint density at radius 2 is 1.67 bits per heavy atom. The second kappa shape index (κ2) is 6.37. The molecular formula is C12H11F5O. The van der Waals surface area contributed by atoms with E-state index in [-0.39, 0.29) is 13.0 Å². The number of hydrogen-bond donors (Lipinski definition) is 0. The van der Waals surface area contributed by atoms with Gasteiger partial charge in [0.05, 0.1) is 6.61 Å². The first-order valence-corrected chi connectivity index (χ1v) is 5.20. The lowest BCUT2D eigenvalue weighted by atomic mass is 10.2. The predicted octanol–water partition coefficient (Wildman–Crippen LogP) is 4.56. The van der Waals surface area contributed by atoms with Crippen LogP contribution in [0.4, 0.5) is 22.0 Å². The van der Waals surface area contributed by atoms with E-state index in [1.54, 1.807) is 30.3 Å². The maximum absolute atomic E-state index is 12.8. The third-order valence-electron chi connectivity index (χ3n) is 2.13. The zero-order valence-corrected chi connectivity index (χ0v) is 9.31. The van der Waals surface area contributed by atoms with Crippen LogP contribution in [0.1, 0.15) is 12.8 Å². The third-order valence-corrected chi connectivity index (χ3v) is 2.13. The first-order valence-electron chi connectivity index (χ1n) is 5.20. The summed E-state index contributed by atoms with van der Waals surface area (Å²) in [6, 6.07) is 8.40. The second-order valence-electron chi connectivity index (χ2n) is 3.54. The van der Waals surface area contributed by atoms with Gasteiger partial charge in [-0.1, -0.05) is 18.2 Å². The number of hydrogen-bond acceptors (Lipinski definition) is 1. The van der Waals surface area contributed by atoms with Gasteiger partial charge in [0.25, 0.3) is 0 Å². The second-order valence-corrected chi connectivity index (χ2v) is 3.54. The zero-order chi connectivity index (χ0) is 13.6. The Morgan fingerprint density at radius 3 is 2.22 bits per heavy atom. The largest absolute Gasteiger partial charge is 0.494 e. The van der Waals surface area contributed by atoms with Crippen molar-refractivity contribution in [2.24, 2.45) is 0 Å². The van der Waals surface area contributed by atoms with E-state index in [1.165, 1.54) is 0 Å². The van der Waals surface area contributed by atoms with Crippen LogP contribution in [0.25, 0.3) is 0 Å². The standard InChI is InChI=1S/C12H11F5O/c13-10(11(14)15)12(16,17)7-4-8-18-9-5-2-1-3-6-9/h1-3,5-6H,4,7-8H2. The summed E-state index contributed by atoms with van der Waals surface area (Å²) >= 11 is 0. The molecule has 1 aromatic rings. The molecule has 0 aromatic heterocycles. The molecule has 0 atom stereocenters. The van der Waals surface area contributed by atoms with Crippen LogP contribution in [0.15, 0.2) is 42.2 Å². The Labute approximate surface area is 101 Å². The van der Waals surface area contributed by atoms with E-state index in [2.05, 4.69) is 0 Å². The van der Waals surface area contributed by atoms with Gasteiger partial charge in [-0.2, -0.15) is 22.0 Å². The summed E-state index contributed by atoms with van der Waals surface area (Å²) in [5.41, 5.74) is 0. The third kappa shape index (κ3) is 4.35. The molecule has 1 nitrogen and oxygen atoms in total. The molecule has 0 saturated heterocycles. The molecule has 1 aromatic carbocycles. The minimum Gasteiger partial charge on any atom is -0.494 e. The van der Waals surface area contributed by atoms with Crippen LogP contribution in [0.2, 0.25) is 0 Å². The van der Waals surface area contributed by atoms with Gasteiger partial charge in [-0.3, -0.25) is 0 Å². The molecule has 0 aliphatic carbocycles. The molecule has 0 amide bonds. The minimum atomic E-state index is -4.14. The SMILES string of the molecule is FC(F)=C(F)C(F)(F)CCCOc1ccccc1. The van der Waals surface area contributed by atoms with Crippen LogP contribution in [-0.4, -0.2) is 12.5 Å². The van der Waals surface area contributed by atoms with E-state index in [1.807, 2.05) is 0 Å². The molecule has 0 aliphatic rings. The first kappa shape index (κ1) is 14.5. The van der Waals surface area contributed by atoms with Crippen LogP contribution < -0.4 is 4.74 Å². The quantitative estimate of drug-likeness (QED) is 0.541. The van der Waals surface area contributed by atoms with Gasteiger partial charge in [0.2, 0.25) is 5.83 Å². The molecule has 0 saturated carbocycles. The summed E-state index contributed by atoms with van der Waals surface area (Å²) in [7, 11) is 0. The molecule has 100 valence electrons.